The summed E-state index contributed by atoms with van der Waals surface area (Å²) in [5.41, 5.74) is 2.67. The zero-order valence-electron chi connectivity index (χ0n) is 42.6. The first-order chi connectivity index (χ1) is 30.6. The molecule has 1 aliphatic heterocycles. The van der Waals surface area contributed by atoms with Crippen molar-refractivity contribution in [3.05, 3.63) is 36.0 Å². The lowest BCUT2D eigenvalue weighted by molar-refractivity contribution is -0.0741. The lowest BCUT2D eigenvalue weighted by Gasteiger charge is -2.58. The molecule has 0 spiro atoms. The van der Waals surface area contributed by atoms with Gasteiger partial charge in [-0.15, -0.1) is 0 Å². The molecule has 6 heteroatoms. The monoisotopic (exact) mass is 879 g/mol. The minimum absolute atomic E-state index is 0.0916. The molecule has 5 rings (SSSR count). The lowest BCUT2D eigenvalue weighted by atomic mass is 9.47. The molecule has 63 heavy (non-hydrogen) atoms. The fraction of sp³-hybridized carbons (Fsp3) is 0.895. The van der Waals surface area contributed by atoms with Crippen LogP contribution in [0.25, 0.3) is 0 Å². The molecule has 4 aliphatic carbocycles. The van der Waals surface area contributed by atoms with Gasteiger partial charge in [-0.1, -0.05) is 135 Å². The van der Waals surface area contributed by atoms with Crippen molar-refractivity contribution < 1.29 is 18.9 Å². The molecule has 364 valence electrons. The summed E-state index contributed by atoms with van der Waals surface area (Å²) in [4.78, 5) is 4.97. The molecule has 0 aromatic carbocycles. The van der Waals surface area contributed by atoms with Crippen molar-refractivity contribution in [3.8, 4) is 0 Å². The maximum Gasteiger partial charge on any atom is 0.0936 e. The third kappa shape index (κ3) is 17.2. The second kappa shape index (κ2) is 29.0. The fourth-order valence-electron chi connectivity index (χ4n) is 13.3. The van der Waals surface area contributed by atoms with Crippen molar-refractivity contribution in [2.75, 3.05) is 79.4 Å². The van der Waals surface area contributed by atoms with Crippen molar-refractivity contribution >= 4 is 0 Å². The van der Waals surface area contributed by atoms with Crippen LogP contribution in [-0.2, 0) is 18.9 Å². The molecule has 5 aliphatic rings. The number of fused-ring (bicyclic) bond motifs is 5. The van der Waals surface area contributed by atoms with E-state index in [2.05, 4.69) is 88.8 Å². The molecule has 0 N–H and O–H groups in total. The van der Waals surface area contributed by atoms with Crippen molar-refractivity contribution in [3.63, 3.8) is 0 Å². The van der Waals surface area contributed by atoms with Gasteiger partial charge in [-0.25, -0.2) is 0 Å². The molecule has 0 bridgehead atoms. The highest BCUT2D eigenvalue weighted by Crippen LogP contribution is 2.67. The van der Waals surface area contributed by atoms with Crippen LogP contribution in [0.1, 0.15) is 189 Å². The molecule has 0 aromatic heterocycles. The van der Waals surface area contributed by atoms with Crippen LogP contribution < -0.4 is 0 Å². The Hall–Kier alpha value is -1.02. The first-order valence-electron chi connectivity index (χ1n) is 27.4. The van der Waals surface area contributed by atoms with Crippen molar-refractivity contribution in [2.24, 2.45) is 46.3 Å². The highest BCUT2D eigenvalue weighted by molar-refractivity contribution is 5.25. The number of ether oxygens (including phenoxy) is 4. The molecule has 0 radical (unpaired) electrons. The summed E-state index contributed by atoms with van der Waals surface area (Å²) in [6, 6.07) is 0. The Morgan fingerprint density at radius 3 is 2.21 bits per heavy atom. The number of likely N-dealkylation sites (N-methyl/N-ethyl adjacent to an activating group) is 1. The standard InChI is InChI=1S/C57H102N2O4/c1-8-9-10-11-12-13-14-15-16-17-18-19-20-21-22-23-39-61-46-51(45-59-37-35-58(7)36-38-59)63-43-41-60-40-42-62-50-31-33-56(5)49(44-50)27-28-52-54-30-29-53(48(4)26-24-25-47(2)3)57(54,6)34-32-55(52)56/h12-13,15-16,27,47-48,50-55H,8-11,14,17-26,28-46H2,1-7H3/b13-12-,16-15-/t48-,50+,51?,52+,53-,54+,55+,56+,57-/m1/s1. The van der Waals surface area contributed by atoms with E-state index in [0.29, 0.717) is 50.0 Å². The number of rotatable bonds is 32. The average Bonchev–Trinajstić information content (AvgIpc) is 3.63. The van der Waals surface area contributed by atoms with Gasteiger partial charge < -0.3 is 23.8 Å². The van der Waals surface area contributed by atoms with Crippen molar-refractivity contribution in [2.45, 2.75) is 201 Å². The summed E-state index contributed by atoms with van der Waals surface area (Å²) in [5, 5.41) is 0. The SMILES string of the molecule is CCCCC/C=C\C/C=C\CCCCCCCCOCC(CN1CCN(C)CC1)OCCOCCO[C@H]1CC[C@@]2(C)C(=CC[C@H]3[C@@H]4CC[C@H]([C@H](C)CCCC(C)C)[C@@]4(C)CC[C@@H]32)C1. The zero-order chi connectivity index (χ0) is 44.8. The molecule has 1 unspecified atom stereocenters. The molecule has 1 heterocycles. The van der Waals surface area contributed by atoms with Gasteiger partial charge in [0.25, 0.3) is 0 Å². The van der Waals surface area contributed by atoms with Gasteiger partial charge in [0.2, 0.25) is 0 Å². The molecule has 6 nitrogen and oxygen atoms in total. The maximum atomic E-state index is 6.53. The molecule has 3 saturated carbocycles. The predicted octanol–water partition coefficient (Wildman–Crippen LogP) is 13.9. The Bertz CT molecular complexity index is 1310. The lowest BCUT2D eigenvalue weighted by Crippen LogP contribution is -2.51. The summed E-state index contributed by atoms with van der Waals surface area (Å²) >= 11 is 0. The van der Waals surface area contributed by atoms with Crippen LogP contribution in [0.5, 0.6) is 0 Å². The van der Waals surface area contributed by atoms with Gasteiger partial charge in [0.15, 0.2) is 0 Å². The summed E-state index contributed by atoms with van der Waals surface area (Å²) in [7, 11) is 2.22. The smallest absolute Gasteiger partial charge is 0.0936 e. The first kappa shape index (κ1) is 52.9. The molecule has 4 fully saturated rings. The molecular weight excluding hydrogens is 777 g/mol. The summed E-state index contributed by atoms with van der Waals surface area (Å²) in [5.74, 6) is 5.35. The van der Waals surface area contributed by atoms with Gasteiger partial charge in [0, 0.05) is 39.3 Å². The van der Waals surface area contributed by atoms with E-state index in [0.717, 1.165) is 94.1 Å². The van der Waals surface area contributed by atoms with E-state index >= 15 is 0 Å². The van der Waals surface area contributed by atoms with E-state index in [-0.39, 0.29) is 6.10 Å². The largest absolute Gasteiger partial charge is 0.379 e. The molecular formula is C57H102N2O4. The zero-order valence-corrected chi connectivity index (χ0v) is 42.6. The second-order valence-electron chi connectivity index (χ2n) is 22.4. The Labute approximate surface area is 390 Å². The number of piperazine rings is 1. The number of hydrogen-bond acceptors (Lipinski definition) is 6. The van der Waals surface area contributed by atoms with Crippen LogP contribution >= 0.6 is 0 Å². The van der Waals surface area contributed by atoms with E-state index in [1.54, 1.807) is 5.57 Å². The van der Waals surface area contributed by atoms with Gasteiger partial charge in [0.1, 0.15) is 0 Å². The van der Waals surface area contributed by atoms with Crippen LogP contribution in [0.15, 0.2) is 36.0 Å². The van der Waals surface area contributed by atoms with E-state index in [1.165, 1.54) is 128 Å². The van der Waals surface area contributed by atoms with E-state index in [1.807, 2.05) is 0 Å². The second-order valence-corrected chi connectivity index (χ2v) is 22.4. The fourth-order valence-corrected chi connectivity index (χ4v) is 13.3. The van der Waals surface area contributed by atoms with Crippen molar-refractivity contribution in [1.82, 2.24) is 9.80 Å². The summed E-state index contributed by atoms with van der Waals surface area (Å²) < 4.78 is 25.3. The van der Waals surface area contributed by atoms with Crippen LogP contribution in [0.3, 0.4) is 0 Å². The van der Waals surface area contributed by atoms with Gasteiger partial charge in [-0.2, -0.15) is 0 Å². The molecule has 9 atom stereocenters. The van der Waals surface area contributed by atoms with E-state index in [9.17, 15) is 0 Å². The van der Waals surface area contributed by atoms with Gasteiger partial charge in [-0.3, -0.25) is 4.90 Å². The Balaban J connectivity index is 0.921. The average molecular weight is 879 g/mol. The number of hydrogen-bond donors (Lipinski definition) is 0. The van der Waals surface area contributed by atoms with E-state index < -0.39 is 0 Å². The van der Waals surface area contributed by atoms with Crippen LogP contribution in [0.2, 0.25) is 0 Å². The predicted molar refractivity (Wildman–Crippen MR) is 267 cm³/mol. The normalized spacial score (nSPS) is 30.2. The van der Waals surface area contributed by atoms with Gasteiger partial charge in [-0.05, 0) is 143 Å². The van der Waals surface area contributed by atoms with Crippen LogP contribution in [0, 0.1) is 46.3 Å². The summed E-state index contributed by atoms with van der Waals surface area (Å²) in [6.07, 6.45) is 42.9. The quantitative estimate of drug-likeness (QED) is 0.0495. The Morgan fingerprint density at radius 2 is 1.44 bits per heavy atom. The Kier molecular flexibility index (Phi) is 24.4. The van der Waals surface area contributed by atoms with Crippen LogP contribution in [0.4, 0.5) is 0 Å². The first-order valence-corrected chi connectivity index (χ1v) is 27.4. The summed E-state index contributed by atoms with van der Waals surface area (Å²) in [6.45, 7) is 24.5. The van der Waals surface area contributed by atoms with Gasteiger partial charge >= 0.3 is 0 Å². The topological polar surface area (TPSA) is 43.4 Å². The van der Waals surface area contributed by atoms with E-state index in [4.69, 9.17) is 18.9 Å². The van der Waals surface area contributed by atoms with Crippen molar-refractivity contribution in [1.29, 1.82) is 0 Å². The van der Waals surface area contributed by atoms with Crippen LogP contribution in [-0.4, -0.2) is 101 Å². The third-order valence-corrected chi connectivity index (χ3v) is 17.3. The van der Waals surface area contributed by atoms with Gasteiger partial charge in [0.05, 0.1) is 45.2 Å². The third-order valence-electron chi connectivity index (χ3n) is 17.3. The molecule has 0 aromatic rings. The number of nitrogens with zero attached hydrogens (tertiary/aromatic N) is 2. The molecule has 1 saturated heterocycles. The number of allylic oxidation sites excluding steroid dienone is 5. The highest BCUT2D eigenvalue weighted by atomic mass is 16.6. The Morgan fingerprint density at radius 1 is 0.714 bits per heavy atom. The minimum atomic E-state index is 0.0916. The maximum absolute atomic E-state index is 6.53. The minimum Gasteiger partial charge on any atom is -0.379 e. The highest BCUT2D eigenvalue weighted by Gasteiger charge is 2.59. The molecule has 0 amide bonds. The number of unbranched alkanes of at least 4 members (excludes halogenated alkanes) is 9.